The van der Waals surface area contributed by atoms with Crippen molar-refractivity contribution in [3.63, 3.8) is 0 Å². The van der Waals surface area contributed by atoms with E-state index in [-0.39, 0.29) is 5.69 Å². The smallest absolute Gasteiger partial charge is 0.337 e. The highest BCUT2D eigenvalue weighted by Crippen LogP contribution is 2.26. The van der Waals surface area contributed by atoms with E-state index in [1.807, 2.05) is 6.26 Å². The molecule has 0 aliphatic rings. The second-order valence-electron chi connectivity index (χ2n) is 4.24. The van der Waals surface area contributed by atoms with Crippen LogP contribution in [0.2, 0.25) is 0 Å². The Balaban J connectivity index is 2.89. The van der Waals surface area contributed by atoms with E-state index < -0.39 is 10.9 Å². The summed E-state index contributed by atoms with van der Waals surface area (Å²) in [6, 6.07) is 4.15. The Morgan fingerprint density at radius 2 is 2.25 bits per heavy atom. The number of carbonyl (C=O) groups is 1. The van der Waals surface area contributed by atoms with Crippen LogP contribution in [0.15, 0.2) is 18.2 Å². The minimum Gasteiger partial charge on any atom is -0.465 e. The van der Waals surface area contributed by atoms with Gasteiger partial charge in [0.05, 0.1) is 17.6 Å². The predicted molar refractivity (Wildman–Crippen MR) is 80.5 cm³/mol. The number of nitro benzene ring substituents is 1. The Kier molecular flexibility index (Phi) is 6.30. The number of nitro groups is 1. The molecular weight excluding hydrogens is 280 g/mol. The van der Waals surface area contributed by atoms with Gasteiger partial charge in [0, 0.05) is 17.9 Å². The summed E-state index contributed by atoms with van der Waals surface area (Å²) in [4.78, 5) is 22.0. The van der Waals surface area contributed by atoms with Crippen LogP contribution in [-0.4, -0.2) is 36.1 Å². The van der Waals surface area contributed by atoms with Gasteiger partial charge >= 0.3 is 5.97 Å². The monoisotopic (exact) mass is 298 g/mol. The third-order valence-corrected chi connectivity index (χ3v) is 3.92. The van der Waals surface area contributed by atoms with Gasteiger partial charge < -0.3 is 10.1 Å². The van der Waals surface area contributed by atoms with Crippen molar-refractivity contribution in [1.29, 1.82) is 0 Å². The van der Waals surface area contributed by atoms with Crippen molar-refractivity contribution in [1.82, 2.24) is 0 Å². The number of hydrogen-bond acceptors (Lipinski definition) is 6. The number of rotatable bonds is 7. The van der Waals surface area contributed by atoms with Crippen LogP contribution in [0.3, 0.4) is 0 Å². The molecule has 110 valence electrons. The SMILES string of the molecule is COC(=O)c1ccc([N+](=O)[O-])c(NCCC(C)SC)c1. The molecular formula is C13H18N2O4S. The van der Waals surface area contributed by atoms with E-state index in [0.717, 1.165) is 6.42 Å². The van der Waals surface area contributed by atoms with Gasteiger partial charge in [0.25, 0.3) is 5.69 Å². The van der Waals surface area contributed by atoms with Crippen LogP contribution >= 0.6 is 11.8 Å². The zero-order valence-corrected chi connectivity index (χ0v) is 12.5. The second kappa shape index (κ2) is 7.74. The predicted octanol–water partition coefficient (Wildman–Crippen LogP) is 2.93. The molecule has 0 bridgehead atoms. The number of ether oxygens (including phenoxy) is 1. The van der Waals surface area contributed by atoms with Crippen molar-refractivity contribution in [2.75, 3.05) is 25.2 Å². The molecule has 1 unspecified atom stereocenters. The van der Waals surface area contributed by atoms with Gasteiger partial charge in [-0.2, -0.15) is 11.8 Å². The Bertz CT molecular complexity index is 493. The molecule has 0 radical (unpaired) electrons. The lowest BCUT2D eigenvalue weighted by atomic mass is 10.1. The summed E-state index contributed by atoms with van der Waals surface area (Å²) >= 11 is 1.73. The van der Waals surface area contributed by atoms with Crippen molar-refractivity contribution in [2.24, 2.45) is 0 Å². The minimum absolute atomic E-state index is 0.0468. The fraction of sp³-hybridized carbons (Fsp3) is 0.462. The van der Waals surface area contributed by atoms with E-state index in [1.54, 1.807) is 11.8 Å². The van der Waals surface area contributed by atoms with Crippen molar-refractivity contribution in [2.45, 2.75) is 18.6 Å². The first-order valence-electron chi connectivity index (χ1n) is 6.13. The first-order valence-corrected chi connectivity index (χ1v) is 7.41. The number of nitrogens with one attached hydrogen (secondary N) is 1. The molecule has 20 heavy (non-hydrogen) atoms. The van der Waals surface area contributed by atoms with Crippen molar-refractivity contribution < 1.29 is 14.5 Å². The molecule has 0 aliphatic carbocycles. The van der Waals surface area contributed by atoms with Gasteiger partial charge in [0.15, 0.2) is 0 Å². The number of nitrogens with zero attached hydrogens (tertiary/aromatic N) is 1. The van der Waals surface area contributed by atoms with E-state index in [2.05, 4.69) is 17.0 Å². The quantitative estimate of drug-likeness (QED) is 0.473. The summed E-state index contributed by atoms with van der Waals surface area (Å²) in [6.45, 7) is 2.69. The van der Waals surface area contributed by atoms with Crippen LogP contribution in [0.5, 0.6) is 0 Å². The topological polar surface area (TPSA) is 81.5 Å². The number of thioether (sulfide) groups is 1. The highest BCUT2D eigenvalue weighted by molar-refractivity contribution is 7.99. The van der Waals surface area contributed by atoms with E-state index in [0.29, 0.717) is 23.0 Å². The van der Waals surface area contributed by atoms with Crippen LogP contribution in [0.4, 0.5) is 11.4 Å². The van der Waals surface area contributed by atoms with Crippen molar-refractivity contribution in [3.8, 4) is 0 Å². The minimum atomic E-state index is -0.513. The maximum absolute atomic E-state index is 11.5. The summed E-state index contributed by atoms with van der Waals surface area (Å²) < 4.78 is 4.61. The van der Waals surface area contributed by atoms with Gasteiger partial charge in [-0.25, -0.2) is 4.79 Å². The summed E-state index contributed by atoms with van der Waals surface area (Å²) in [5.41, 5.74) is 0.583. The van der Waals surface area contributed by atoms with Crippen LogP contribution < -0.4 is 5.32 Å². The molecule has 0 fully saturated rings. The fourth-order valence-electron chi connectivity index (χ4n) is 1.61. The number of anilines is 1. The number of benzene rings is 1. The van der Waals surface area contributed by atoms with Gasteiger partial charge in [0.1, 0.15) is 5.69 Å². The fourth-order valence-corrected chi connectivity index (χ4v) is 1.96. The molecule has 0 saturated carbocycles. The average Bonchev–Trinajstić information content (AvgIpc) is 2.45. The van der Waals surface area contributed by atoms with Crippen LogP contribution in [-0.2, 0) is 4.74 Å². The second-order valence-corrected chi connectivity index (χ2v) is 5.52. The molecule has 0 spiro atoms. The van der Waals surface area contributed by atoms with Gasteiger partial charge in [-0.3, -0.25) is 10.1 Å². The zero-order valence-electron chi connectivity index (χ0n) is 11.7. The zero-order chi connectivity index (χ0) is 15.1. The van der Waals surface area contributed by atoms with Gasteiger partial charge in [0.2, 0.25) is 0 Å². The summed E-state index contributed by atoms with van der Waals surface area (Å²) in [6.07, 6.45) is 2.89. The van der Waals surface area contributed by atoms with Gasteiger partial charge in [-0.05, 0) is 24.8 Å². The normalized spacial score (nSPS) is 11.8. The first-order chi connectivity index (χ1) is 9.49. The molecule has 6 nitrogen and oxygen atoms in total. The lowest BCUT2D eigenvalue weighted by molar-refractivity contribution is -0.384. The lowest BCUT2D eigenvalue weighted by Crippen LogP contribution is -2.10. The molecule has 1 aromatic rings. The Hall–Kier alpha value is -1.76. The Morgan fingerprint density at radius 1 is 1.55 bits per heavy atom. The van der Waals surface area contributed by atoms with Crippen LogP contribution in [0, 0.1) is 10.1 Å². The lowest BCUT2D eigenvalue weighted by Gasteiger charge is -2.11. The highest BCUT2D eigenvalue weighted by Gasteiger charge is 2.17. The molecule has 1 rings (SSSR count). The molecule has 7 heteroatoms. The average molecular weight is 298 g/mol. The molecule has 1 atom stereocenters. The molecule has 0 amide bonds. The summed E-state index contributed by atoms with van der Waals surface area (Å²) in [5.74, 6) is -0.513. The number of carbonyl (C=O) groups excluding carboxylic acids is 1. The third kappa shape index (κ3) is 4.41. The maximum Gasteiger partial charge on any atom is 0.337 e. The van der Waals surface area contributed by atoms with Gasteiger partial charge in [-0.15, -0.1) is 0 Å². The third-order valence-electron chi connectivity index (χ3n) is 2.88. The molecule has 0 heterocycles. The molecule has 1 aromatic carbocycles. The molecule has 0 saturated heterocycles. The van der Waals surface area contributed by atoms with Crippen molar-refractivity contribution >= 4 is 29.1 Å². The summed E-state index contributed by atoms with van der Waals surface area (Å²) in [7, 11) is 1.27. The highest BCUT2D eigenvalue weighted by atomic mass is 32.2. The molecule has 0 aliphatic heterocycles. The largest absolute Gasteiger partial charge is 0.465 e. The van der Waals surface area contributed by atoms with Gasteiger partial charge in [-0.1, -0.05) is 6.92 Å². The first kappa shape index (κ1) is 16.3. The molecule has 1 N–H and O–H groups in total. The Labute approximate surface area is 122 Å². The summed E-state index contributed by atoms with van der Waals surface area (Å²) in [5, 5.41) is 14.5. The molecule has 0 aromatic heterocycles. The van der Waals surface area contributed by atoms with E-state index in [9.17, 15) is 14.9 Å². The van der Waals surface area contributed by atoms with Crippen LogP contribution in [0.25, 0.3) is 0 Å². The number of methoxy groups -OCH3 is 1. The van der Waals surface area contributed by atoms with E-state index in [4.69, 9.17) is 0 Å². The van der Waals surface area contributed by atoms with Crippen LogP contribution in [0.1, 0.15) is 23.7 Å². The Morgan fingerprint density at radius 3 is 2.80 bits per heavy atom. The van der Waals surface area contributed by atoms with E-state index in [1.165, 1.54) is 25.3 Å². The maximum atomic E-state index is 11.5. The van der Waals surface area contributed by atoms with E-state index >= 15 is 0 Å². The standard InChI is InChI=1S/C13H18N2O4S/c1-9(20-3)6-7-14-11-8-10(13(16)19-2)4-5-12(11)15(17)18/h4-5,8-9,14H,6-7H2,1-3H3. The van der Waals surface area contributed by atoms with Crippen molar-refractivity contribution in [3.05, 3.63) is 33.9 Å². The number of hydrogen-bond donors (Lipinski definition) is 1. The number of esters is 1.